The van der Waals surface area contributed by atoms with Crippen molar-refractivity contribution in [1.29, 1.82) is 0 Å². The number of pyridine rings is 1. The number of nitrogens with zero attached hydrogens (tertiary/aromatic N) is 4. The van der Waals surface area contributed by atoms with Crippen LogP contribution in [-0.2, 0) is 23.8 Å². The molecule has 20 nitrogen and oxygen atoms in total. The summed E-state index contributed by atoms with van der Waals surface area (Å²) in [6.07, 6.45) is 7.17. The minimum Gasteiger partial charge on any atom is -0.507 e. The number of nitrogens with one attached hydrogen (secondary N) is 1. The summed E-state index contributed by atoms with van der Waals surface area (Å²) in [4.78, 5) is 67.9. The third kappa shape index (κ3) is 10.1. The fourth-order valence-electron chi connectivity index (χ4n) is 10.5. The summed E-state index contributed by atoms with van der Waals surface area (Å²) >= 11 is 0. The number of rotatable bonds is 7. The van der Waals surface area contributed by atoms with Crippen LogP contribution in [0.15, 0.2) is 64.4 Å². The van der Waals surface area contributed by atoms with E-state index in [1.807, 2.05) is 0 Å². The van der Waals surface area contributed by atoms with Crippen molar-refractivity contribution in [3.05, 3.63) is 92.8 Å². The van der Waals surface area contributed by atoms with Crippen LogP contribution in [0.3, 0.4) is 0 Å². The number of amides is 1. The first-order valence-electron chi connectivity index (χ1n) is 25.1. The van der Waals surface area contributed by atoms with Crippen molar-refractivity contribution in [2.45, 2.75) is 104 Å². The Morgan fingerprint density at radius 1 is 0.921 bits per heavy atom. The number of ketones is 1. The number of carbonyl (C=O) groups is 4. The molecular weight excluding hydrogens is 990 g/mol. The first kappa shape index (κ1) is 54.8. The molecule has 406 valence electrons. The maximum atomic E-state index is 15.9. The lowest BCUT2D eigenvalue weighted by Gasteiger charge is -2.38. The highest BCUT2D eigenvalue weighted by Gasteiger charge is 2.50. The Balaban J connectivity index is 1.18. The molecule has 4 aromatic rings. The number of carbonyl (C=O) groups excluding carboxylic acids is 3. The molecule has 5 heterocycles. The molecule has 76 heavy (non-hydrogen) atoms. The number of aliphatic hydroxyl groups is 2. The molecule has 1 aliphatic carbocycles. The highest BCUT2D eigenvalue weighted by molar-refractivity contribution is 6.24. The molecule has 4 aliphatic heterocycles. The minimum atomic E-state index is -2.14. The number of hydrogen-bond donors (Lipinski definition) is 7. The number of carboxylic acid groups (broad SMARTS) is 1. The molecule has 7 N–H and O–H groups in total. The monoisotopic (exact) mass is 1050 g/mol. The van der Waals surface area contributed by atoms with Crippen molar-refractivity contribution >= 4 is 62.9 Å². The molecule has 2 fully saturated rings. The number of benzene rings is 3. The lowest BCUT2D eigenvalue weighted by molar-refractivity contribution is -0.160. The van der Waals surface area contributed by atoms with Crippen molar-refractivity contribution in [1.82, 2.24) is 9.58 Å². The third-order valence-electron chi connectivity index (χ3n) is 15.3. The van der Waals surface area contributed by atoms with Gasteiger partial charge < -0.3 is 64.4 Å². The van der Waals surface area contributed by atoms with Crippen LogP contribution >= 0.6 is 0 Å². The molecule has 1 saturated carbocycles. The number of hydrogen-bond acceptors (Lipinski definition) is 17. The van der Waals surface area contributed by atoms with Gasteiger partial charge in [0.15, 0.2) is 5.75 Å². The summed E-state index contributed by atoms with van der Waals surface area (Å²) in [7, 11) is 1.41. The number of hydrazone groups is 1. The van der Waals surface area contributed by atoms with Gasteiger partial charge in [-0.3, -0.25) is 24.2 Å². The fourth-order valence-corrected chi connectivity index (χ4v) is 10.5. The van der Waals surface area contributed by atoms with E-state index in [0.717, 1.165) is 25.2 Å². The van der Waals surface area contributed by atoms with E-state index in [-0.39, 0.29) is 82.4 Å². The number of carboxylic acids is 1. The summed E-state index contributed by atoms with van der Waals surface area (Å²) < 4.78 is 41.3. The zero-order chi connectivity index (χ0) is 55.4. The van der Waals surface area contributed by atoms with Crippen molar-refractivity contribution < 1.29 is 73.2 Å². The van der Waals surface area contributed by atoms with Gasteiger partial charge in [0.05, 0.1) is 77.3 Å². The lowest BCUT2D eigenvalue weighted by Crippen LogP contribution is -2.46. The number of anilines is 2. The molecule has 1 saturated heterocycles. The fraction of sp³-hybridized carbons (Fsp3) is 0.455. The second-order valence-electron chi connectivity index (χ2n) is 20.4. The van der Waals surface area contributed by atoms with Crippen molar-refractivity contribution in [2.24, 2.45) is 28.8 Å². The van der Waals surface area contributed by atoms with Gasteiger partial charge in [0, 0.05) is 91.9 Å². The van der Waals surface area contributed by atoms with E-state index in [2.05, 4.69) is 10.4 Å². The smallest absolute Gasteiger partial charge is 0.341 e. The summed E-state index contributed by atoms with van der Waals surface area (Å²) in [6.45, 7) is 13.0. The zero-order valence-electron chi connectivity index (χ0n) is 43.7. The predicted molar refractivity (Wildman–Crippen MR) is 279 cm³/mol. The van der Waals surface area contributed by atoms with E-state index in [1.165, 1.54) is 65.4 Å². The quantitative estimate of drug-likeness (QED) is 0.0456. The Kier molecular flexibility index (Phi) is 15.3. The SMILES string of the molecule is CO[C@H]1/C=C/O[C@@]2(C)Oc3c(C)c(O)c4c(O)c(c(/C=N/N5CCN(c6cc7c(cc6F)c(=O)c(C(=O)O)cn7C6CC6)CC5)c(O)c4c3C2=O)NC(=O)/C(C)=C\C=C\[C@H](C)[C@H](O)[C@@H](C)[C@@H](O)[C@@H](C)[C@H](OC(C)=O)[C@@H]1C. The van der Waals surface area contributed by atoms with Crippen LogP contribution < -0.4 is 20.4 Å². The van der Waals surface area contributed by atoms with Crippen LogP contribution in [0.4, 0.5) is 15.8 Å². The van der Waals surface area contributed by atoms with Crippen LogP contribution in [-0.4, -0.2) is 134 Å². The number of ether oxygens (including phenoxy) is 4. The minimum absolute atomic E-state index is 0.0143. The maximum absolute atomic E-state index is 15.9. The van der Waals surface area contributed by atoms with Crippen molar-refractivity contribution in [2.75, 3.05) is 43.5 Å². The number of phenolic OH excluding ortho intramolecular Hbond substituents is 3. The summed E-state index contributed by atoms with van der Waals surface area (Å²) in [5.74, 6) is -11.4. The number of phenols is 3. The Labute approximate surface area is 436 Å². The number of esters is 1. The van der Waals surface area contributed by atoms with Crippen LogP contribution in [0.25, 0.3) is 21.7 Å². The summed E-state index contributed by atoms with van der Waals surface area (Å²) in [5.41, 5.74) is -1.47. The number of Topliss-reactive ketones (excluding diaryl/α,β-unsaturated/α-hetero) is 1. The van der Waals surface area contributed by atoms with Crippen LogP contribution in [0.1, 0.15) is 99.2 Å². The largest absolute Gasteiger partial charge is 0.507 e. The molecule has 1 amide bonds. The first-order valence-corrected chi connectivity index (χ1v) is 25.1. The van der Waals surface area contributed by atoms with Crippen molar-refractivity contribution in [3.8, 4) is 23.0 Å². The summed E-state index contributed by atoms with van der Waals surface area (Å²) in [5, 5.41) is 77.1. The van der Waals surface area contributed by atoms with E-state index in [4.69, 9.17) is 18.9 Å². The average Bonchev–Trinajstić information content (AvgIpc) is 4.24. The van der Waals surface area contributed by atoms with Gasteiger partial charge >= 0.3 is 17.7 Å². The highest BCUT2D eigenvalue weighted by atomic mass is 19.1. The van der Waals surface area contributed by atoms with E-state index < -0.39 is 117 Å². The Bertz CT molecular complexity index is 3210. The van der Waals surface area contributed by atoms with Crippen molar-refractivity contribution in [3.63, 3.8) is 0 Å². The molecule has 0 unspecified atom stereocenters. The van der Waals surface area contributed by atoms with Crippen LogP contribution in [0.2, 0.25) is 0 Å². The predicted octanol–water partition coefficient (Wildman–Crippen LogP) is 6.40. The lowest BCUT2D eigenvalue weighted by atomic mass is 9.78. The Morgan fingerprint density at radius 3 is 2.24 bits per heavy atom. The van der Waals surface area contributed by atoms with Gasteiger partial charge in [0.2, 0.25) is 5.43 Å². The highest BCUT2D eigenvalue weighted by Crippen LogP contribution is 2.55. The number of fused-ring (bicyclic) bond motifs is 15. The van der Waals surface area contributed by atoms with E-state index in [9.17, 15) is 54.6 Å². The van der Waals surface area contributed by atoms with Crippen LogP contribution in [0, 0.1) is 36.4 Å². The third-order valence-corrected chi connectivity index (χ3v) is 15.3. The normalized spacial score (nSPS) is 28.3. The van der Waals surface area contributed by atoms with Gasteiger partial charge in [-0.25, -0.2) is 9.18 Å². The second-order valence-corrected chi connectivity index (χ2v) is 20.4. The zero-order valence-corrected chi connectivity index (χ0v) is 43.7. The molecular formula is C55H64FN5O15. The molecule has 5 bridgehead atoms. The molecule has 9 atom stereocenters. The van der Waals surface area contributed by atoms with Gasteiger partial charge in [0.25, 0.3) is 11.7 Å². The molecule has 9 rings (SSSR count). The number of aliphatic hydroxyl groups excluding tert-OH is 2. The number of aromatic carboxylic acids is 1. The average molecular weight is 1050 g/mol. The number of aromatic nitrogens is 1. The number of methoxy groups -OCH3 is 1. The molecule has 0 spiro atoms. The molecule has 21 heteroatoms. The Hall–Kier alpha value is -7.49. The standard InChI is InChI=1S/C55H64FN5O15/c1-25-11-10-12-26(2)53(70)58-43-34(23-57-60-18-16-59(17-19-60)38-22-37-33(21-36(38)56)47(66)35(54(71)72)24-61(37)32-13-14-32)48(67)40-41(49(43)68)46(65)30(6)51-42(40)52(69)55(8,76-51)74-20-15-39(73-9)27(3)50(75-31(7)62)29(5)45(64)28(4)44(25)63/h10-12,15,20-25,27-29,32,39,44-45,50,63-65,67-68H,13-14,16-19H2,1-9H3,(H,58,70)(H,71,72)/b11-10+,20-15+,26-12-,57-23+/t25-,27+,28+,29+,39-,44-,45+,50+,55-/m0/s1. The van der Waals surface area contributed by atoms with E-state index in [0.29, 0.717) is 5.52 Å². The van der Waals surface area contributed by atoms with E-state index in [1.54, 1.807) is 54.3 Å². The molecule has 5 aliphatic rings. The topological polar surface area (TPSA) is 279 Å². The number of piperazine rings is 1. The summed E-state index contributed by atoms with van der Waals surface area (Å²) in [6, 6.07) is 2.59. The molecule has 1 aromatic heterocycles. The van der Waals surface area contributed by atoms with Gasteiger partial charge in [-0.15, -0.1) is 0 Å². The maximum Gasteiger partial charge on any atom is 0.341 e. The van der Waals surface area contributed by atoms with Gasteiger partial charge in [0.1, 0.15) is 34.7 Å². The Morgan fingerprint density at radius 2 is 1.61 bits per heavy atom. The molecule has 0 radical (unpaired) electrons. The number of allylic oxidation sites excluding steroid dienone is 2. The first-order chi connectivity index (χ1) is 35.9. The molecule has 3 aromatic carbocycles. The second kappa shape index (κ2) is 21.3. The van der Waals surface area contributed by atoms with E-state index >= 15 is 4.39 Å². The van der Waals surface area contributed by atoms with Gasteiger partial charge in [-0.1, -0.05) is 45.9 Å². The number of aromatic hydroxyl groups is 3. The van der Waals surface area contributed by atoms with Gasteiger partial charge in [-0.2, -0.15) is 5.10 Å². The van der Waals surface area contributed by atoms with Gasteiger partial charge in [-0.05, 0) is 44.9 Å². The van der Waals surface area contributed by atoms with Crippen LogP contribution in [0.5, 0.6) is 23.0 Å². The number of halogens is 1.